The summed E-state index contributed by atoms with van der Waals surface area (Å²) in [5.41, 5.74) is 2.65. The smallest absolute Gasteiger partial charge is 0.222 e. The molecule has 0 spiro atoms. The van der Waals surface area contributed by atoms with E-state index in [4.69, 9.17) is 11.6 Å². The second-order valence-electron chi connectivity index (χ2n) is 3.28. The second-order valence-corrected chi connectivity index (χ2v) is 3.62. The number of carbonyl (C=O) groups is 1. The van der Waals surface area contributed by atoms with Gasteiger partial charge in [-0.25, -0.2) is 9.97 Å². The Hall–Kier alpha value is -1.74. The third-order valence-electron chi connectivity index (χ3n) is 2.17. The zero-order valence-corrected chi connectivity index (χ0v) is 9.19. The first-order valence-corrected chi connectivity index (χ1v) is 5.19. The molecule has 0 aliphatic carbocycles. The van der Waals surface area contributed by atoms with Crippen molar-refractivity contribution in [1.29, 1.82) is 0 Å². The van der Waals surface area contributed by atoms with Crippen LogP contribution in [0.25, 0.3) is 11.3 Å². The van der Waals surface area contributed by atoms with Gasteiger partial charge in [0.15, 0.2) is 0 Å². The van der Waals surface area contributed by atoms with E-state index in [0.29, 0.717) is 6.42 Å². The maximum atomic E-state index is 10.4. The molecule has 1 aromatic carbocycles. The average molecular weight is 233 g/mol. The van der Waals surface area contributed by atoms with Gasteiger partial charge in [-0.2, -0.15) is 0 Å². The summed E-state index contributed by atoms with van der Waals surface area (Å²) < 4.78 is 0. The van der Waals surface area contributed by atoms with Gasteiger partial charge < -0.3 is 4.79 Å². The van der Waals surface area contributed by atoms with Gasteiger partial charge in [-0.05, 0) is 29.3 Å². The number of nitrogens with zero attached hydrogens (tertiary/aromatic N) is 2. The highest BCUT2D eigenvalue weighted by Crippen LogP contribution is 2.18. The molecule has 80 valence electrons. The van der Waals surface area contributed by atoms with Crippen molar-refractivity contribution < 1.29 is 4.79 Å². The number of hydrogen-bond donors (Lipinski definition) is 0. The molecule has 0 atom stereocenters. The first-order chi connectivity index (χ1) is 7.79. The summed E-state index contributed by atoms with van der Waals surface area (Å²) >= 11 is 5.72. The predicted molar refractivity (Wildman–Crippen MR) is 62.2 cm³/mol. The number of aldehydes is 1. The number of hydrogen-bond acceptors (Lipinski definition) is 3. The molecule has 4 heteroatoms. The number of halogens is 1. The van der Waals surface area contributed by atoms with Crippen molar-refractivity contribution in [1.82, 2.24) is 9.97 Å². The fourth-order valence-electron chi connectivity index (χ4n) is 1.45. The summed E-state index contributed by atoms with van der Waals surface area (Å²) in [6, 6.07) is 9.43. The highest BCUT2D eigenvalue weighted by Gasteiger charge is 2.01. The number of benzene rings is 1. The SMILES string of the molecule is O=CCc1cccc(-c2ccnc(Cl)n2)c1. The molecule has 1 heterocycles. The minimum absolute atomic E-state index is 0.221. The van der Waals surface area contributed by atoms with E-state index in [0.717, 1.165) is 23.1 Å². The minimum atomic E-state index is 0.221. The van der Waals surface area contributed by atoms with Gasteiger partial charge in [-0.15, -0.1) is 0 Å². The molecule has 0 N–H and O–H groups in total. The molecule has 2 aromatic rings. The Morgan fingerprint density at radius 3 is 2.94 bits per heavy atom. The minimum Gasteiger partial charge on any atom is -0.303 e. The van der Waals surface area contributed by atoms with Gasteiger partial charge >= 0.3 is 0 Å². The zero-order chi connectivity index (χ0) is 11.4. The highest BCUT2D eigenvalue weighted by molar-refractivity contribution is 6.28. The maximum absolute atomic E-state index is 10.4. The molecule has 0 unspecified atom stereocenters. The quantitative estimate of drug-likeness (QED) is 0.603. The molecule has 3 nitrogen and oxygen atoms in total. The van der Waals surface area contributed by atoms with E-state index < -0.39 is 0 Å². The van der Waals surface area contributed by atoms with E-state index in [1.54, 1.807) is 12.3 Å². The normalized spacial score (nSPS) is 10.1. The molecule has 2 rings (SSSR count). The van der Waals surface area contributed by atoms with Gasteiger partial charge in [0.1, 0.15) is 6.29 Å². The maximum Gasteiger partial charge on any atom is 0.222 e. The summed E-state index contributed by atoms with van der Waals surface area (Å²) in [6.45, 7) is 0. The van der Waals surface area contributed by atoms with E-state index in [1.807, 2.05) is 24.3 Å². The van der Waals surface area contributed by atoms with Crippen LogP contribution in [-0.4, -0.2) is 16.3 Å². The van der Waals surface area contributed by atoms with E-state index in [-0.39, 0.29) is 5.28 Å². The fraction of sp³-hybridized carbons (Fsp3) is 0.0833. The molecule has 0 aliphatic rings. The summed E-state index contributed by atoms with van der Waals surface area (Å²) in [5.74, 6) is 0. The van der Waals surface area contributed by atoms with Crippen molar-refractivity contribution in [2.45, 2.75) is 6.42 Å². The van der Waals surface area contributed by atoms with E-state index in [2.05, 4.69) is 9.97 Å². The molecular formula is C12H9ClN2O. The molecular weight excluding hydrogens is 224 g/mol. The van der Waals surface area contributed by atoms with Gasteiger partial charge in [0, 0.05) is 18.2 Å². The van der Waals surface area contributed by atoms with E-state index in [9.17, 15) is 4.79 Å². The molecule has 0 radical (unpaired) electrons. The van der Waals surface area contributed by atoms with Crippen LogP contribution in [-0.2, 0) is 11.2 Å². The summed E-state index contributed by atoms with van der Waals surface area (Å²) in [4.78, 5) is 18.4. The van der Waals surface area contributed by atoms with Crippen LogP contribution in [0.1, 0.15) is 5.56 Å². The Morgan fingerprint density at radius 2 is 2.19 bits per heavy atom. The van der Waals surface area contributed by atoms with Crippen LogP contribution >= 0.6 is 11.6 Å². The van der Waals surface area contributed by atoms with Crippen molar-refractivity contribution in [3.05, 3.63) is 47.4 Å². The second kappa shape index (κ2) is 4.86. The highest BCUT2D eigenvalue weighted by atomic mass is 35.5. The summed E-state index contributed by atoms with van der Waals surface area (Å²) in [7, 11) is 0. The van der Waals surface area contributed by atoms with Crippen molar-refractivity contribution >= 4 is 17.9 Å². The van der Waals surface area contributed by atoms with Crippen molar-refractivity contribution in [2.24, 2.45) is 0 Å². The third kappa shape index (κ3) is 2.44. The van der Waals surface area contributed by atoms with Crippen LogP contribution in [0.3, 0.4) is 0 Å². The van der Waals surface area contributed by atoms with Crippen molar-refractivity contribution in [2.75, 3.05) is 0 Å². The van der Waals surface area contributed by atoms with Gasteiger partial charge in [0.25, 0.3) is 0 Å². The molecule has 16 heavy (non-hydrogen) atoms. The van der Waals surface area contributed by atoms with Crippen LogP contribution < -0.4 is 0 Å². The number of rotatable bonds is 3. The Balaban J connectivity index is 2.40. The van der Waals surface area contributed by atoms with Crippen LogP contribution in [0.4, 0.5) is 0 Å². The lowest BCUT2D eigenvalue weighted by Crippen LogP contribution is -1.89. The third-order valence-corrected chi connectivity index (χ3v) is 2.35. The lowest BCUT2D eigenvalue weighted by Gasteiger charge is -2.02. The Labute approximate surface area is 98.1 Å². The number of aromatic nitrogens is 2. The van der Waals surface area contributed by atoms with Gasteiger partial charge in [0.2, 0.25) is 5.28 Å². The fourth-order valence-corrected chi connectivity index (χ4v) is 1.60. The molecule has 0 amide bonds. The number of carbonyl (C=O) groups excluding carboxylic acids is 1. The van der Waals surface area contributed by atoms with Crippen molar-refractivity contribution in [3.63, 3.8) is 0 Å². The Kier molecular flexibility index (Phi) is 3.27. The Bertz CT molecular complexity index is 514. The molecule has 1 aromatic heterocycles. The Morgan fingerprint density at radius 1 is 1.31 bits per heavy atom. The van der Waals surface area contributed by atoms with Gasteiger partial charge in [-0.1, -0.05) is 18.2 Å². The largest absolute Gasteiger partial charge is 0.303 e. The topological polar surface area (TPSA) is 42.9 Å². The molecule has 0 fully saturated rings. The standard InChI is InChI=1S/C12H9ClN2O/c13-12-14-6-4-11(15-12)10-3-1-2-9(8-10)5-7-16/h1-4,6-8H,5H2. The first-order valence-electron chi connectivity index (χ1n) is 4.81. The molecule has 0 bridgehead atoms. The van der Waals surface area contributed by atoms with Crippen LogP contribution in [0, 0.1) is 0 Å². The van der Waals surface area contributed by atoms with Gasteiger partial charge in [0.05, 0.1) is 5.69 Å². The molecule has 0 aliphatic heterocycles. The van der Waals surface area contributed by atoms with Crippen LogP contribution in [0.5, 0.6) is 0 Å². The summed E-state index contributed by atoms with van der Waals surface area (Å²) in [5, 5.41) is 0.221. The van der Waals surface area contributed by atoms with Crippen LogP contribution in [0.2, 0.25) is 5.28 Å². The zero-order valence-electron chi connectivity index (χ0n) is 8.43. The lowest BCUT2D eigenvalue weighted by molar-refractivity contribution is -0.107. The van der Waals surface area contributed by atoms with Crippen molar-refractivity contribution in [3.8, 4) is 11.3 Å². The predicted octanol–water partition coefficient (Wildman–Crippen LogP) is 2.54. The van der Waals surface area contributed by atoms with E-state index in [1.165, 1.54) is 0 Å². The average Bonchev–Trinajstić information content (AvgIpc) is 2.30. The van der Waals surface area contributed by atoms with Gasteiger partial charge in [-0.3, -0.25) is 0 Å². The van der Waals surface area contributed by atoms with Crippen LogP contribution in [0.15, 0.2) is 36.5 Å². The molecule has 0 saturated heterocycles. The first kappa shape index (κ1) is 10.8. The monoisotopic (exact) mass is 232 g/mol. The summed E-state index contributed by atoms with van der Waals surface area (Å²) in [6.07, 6.45) is 2.90. The lowest BCUT2D eigenvalue weighted by atomic mass is 10.1. The molecule has 0 saturated carbocycles. The van der Waals surface area contributed by atoms with E-state index >= 15 is 0 Å².